The number of hydrogen-bond acceptors (Lipinski definition) is 4. The minimum Gasteiger partial charge on any atom is -0.497 e. The molecule has 2 N–H and O–H groups in total. The van der Waals surface area contributed by atoms with Crippen LogP contribution in [0.15, 0.2) is 34.8 Å². The molecule has 0 radical (unpaired) electrons. The summed E-state index contributed by atoms with van der Waals surface area (Å²) in [6.45, 7) is 0.157. The van der Waals surface area contributed by atoms with E-state index in [2.05, 4.69) is 5.32 Å². The van der Waals surface area contributed by atoms with Gasteiger partial charge in [0.2, 0.25) is 5.91 Å². The molecule has 1 aromatic carbocycles. The Bertz CT molecular complexity index is 601. The molecule has 0 atom stereocenters. The van der Waals surface area contributed by atoms with Gasteiger partial charge in [-0.15, -0.1) is 0 Å². The molecule has 0 aliphatic carbocycles. The quantitative estimate of drug-likeness (QED) is 0.801. The van der Waals surface area contributed by atoms with E-state index < -0.39 is 0 Å². The first-order chi connectivity index (χ1) is 9.22. The van der Waals surface area contributed by atoms with Gasteiger partial charge in [-0.05, 0) is 30.3 Å². The van der Waals surface area contributed by atoms with Gasteiger partial charge >= 0.3 is 0 Å². The third kappa shape index (κ3) is 3.35. The Morgan fingerprint density at radius 3 is 3.05 bits per heavy atom. The Morgan fingerprint density at radius 1 is 1.47 bits per heavy atom. The Kier molecular flexibility index (Phi) is 4.20. The molecular weight excluding hydrogens is 246 g/mol. The predicted molar refractivity (Wildman–Crippen MR) is 71.9 cm³/mol. The number of aliphatic hydroxyl groups is 1. The number of aliphatic hydroxyl groups excluding tert-OH is 1. The molecule has 0 bridgehead atoms. The van der Waals surface area contributed by atoms with Gasteiger partial charge in [0.15, 0.2) is 0 Å². The second kappa shape index (κ2) is 6.06. The molecule has 2 aromatic rings. The highest BCUT2D eigenvalue weighted by Crippen LogP contribution is 2.24. The number of methoxy groups -OCH3 is 1. The van der Waals surface area contributed by atoms with Gasteiger partial charge in [-0.1, -0.05) is 0 Å². The van der Waals surface area contributed by atoms with Gasteiger partial charge in [0.05, 0.1) is 13.7 Å². The second-order valence-corrected chi connectivity index (χ2v) is 3.90. The van der Waals surface area contributed by atoms with E-state index in [1.54, 1.807) is 13.2 Å². The fourth-order valence-corrected chi connectivity index (χ4v) is 1.65. The topological polar surface area (TPSA) is 71.7 Å². The molecule has 5 nitrogen and oxygen atoms in total. The summed E-state index contributed by atoms with van der Waals surface area (Å²) in [4.78, 5) is 11.3. The van der Waals surface area contributed by atoms with Gasteiger partial charge in [0.1, 0.15) is 17.1 Å². The fraction of sp³-hybridized carbons (Fsp3) is 0.214. The zero-order valence-electron chi connectivity index (χ0n) is 10.6. The highest BCUT2D eigenvalue weighted by atomic mass is 16.5. The summed E-state index contributed by atoms with van der Waals surface area (Å²) in [6, 6.07) is 7.32. The van der Waals surface area contributed by atoms with Crippen LogP contribution in [0.3, 0.4) is 0 Å². The molecule has 1 heterocycles. The van der Waals surface area contributed by atoms with Crippen molar-refractivity contribution in [2.75, 3.05) is 20.3 Å². The van der Waals surface area contributed by atoms with Crippen molar-refractivity contribution in [3.05, 3.63) is 36.1 Å². The summed E-state index contributed by atoms with van der Waals surface area (Å²) in [7, 11) is 1.60. The van der Waals surface area contributed by atoms with Crippen LogP contribution < -0.4 is 10.1 Å². The largest absolute Gasteiger partial charge is 0.497 e. The predicted octanol–water partition coefficient (Wildman–Crippen LogP) is 1.56. The minimum absolute atomic E-state index is 0.0794. The maximum absolute atomic E-state index is 11.3. The van der Waals surface area contributed by atoms with E-state index in [1.165, 1.54) is 6.08 Å². The van der Waals surface area contributed by atoms with E-state index in [-0.39, 0.29) is 19.1 Å². The van der Waals surface area contributed by atoms with Crippen molar-refractivity contribution in [2.45, 2.75) is 0 Å². The van der Waals surface area contributed by atoms with Crippen molar-refractivity contribution in [3.63, 3.8) is 0 Å². The summed E-state index contributed by atoms with van der Waals surface area (Å²) in [6.07, 6.45) is 2.95. The SMILES string of the molecule is COc1ccc2oc(C=CC(=O)NCCO)cc2c1. The summed E-state index contributed by atoms with van der Waals surface area (Å²) in [5.41, 5.74) is 0.733. The zero-order chi connectivity index (χ0) is 13.7. The van der Waals surface area contributed by atoms with Crippen LogP contribution in [0.5, 0.6) is 5.75 Å². The van der Waals surface area contributed by atoms with Crippen LogP contribution in [0.4, 0.5) is 0 Å². The van der Waals surface area contributed by atoms with Gasteiger partial charge in [-0.3, -0.25) is 4.79 Å². The average Bonchev–Trinajstić information content (AvgIpc) is 2.84. The summed E-state index contributed by atoms with van der Waals surface area (Å²) in [5.74, 6) is 1.07. The number of carbonyl (C=O) groups excluding carboxylic acids is 1. The van der Waals surface area contributed by atoms with E-state index in [0.717, 1.165) is 16.7 Å². The van der Waals surface area contributed by atoms with Gasteiger partial charge in [-0.2, -0.15) is 0 Å². The van der Waals surface area contributed by atoms with Crippen LogP contribution in [0.25, 0.3) is 17.0 Å². The van der Waals surface area contributed by atoms with Crippen molar-refractivity contribution >= 4 is 23.0 Å². The number of carbonyl (C=O) groups is 1. The van der Waals surface area contributed by atoms with Crippen molar-refractivity contribution < 1.29 is 19.1 Å². The number of amides is 1. The number of benzene rings is 1. The standard InChI is InChI=1S/C14H15NO4/c1-18-11-2-4-13-10(8-11)9-12(19-13)3-5-14(17)15-6-7-16/h2-5,8-9,16H,6-7H2,1H3,(H,15,17). The summed E-state index contributed by atoms with van der Waals surface area (Å²) < 4.78 is 10.7. The van der Waals surface area contributed by atoms with E-state index in [1.807, 2.05) is 24.3 Å². The molecule has 0 aliphatic rings. The zero-order valence-corrected chi connectivity index (χ0v) is 10.6. The number of furan rings is 1. The monoisotopic (exact) mass is 261 g/mol. The van der Waals surface area contributed by atoms with Crippen LogP contribution in [-0.4, -0.2) is 31.3 Å². The fourth-order valence-electron chi connectivity index (χ4n) is 1.65. The first-order valence-electron chi connectivity index (χ1n) is 5.87. The number of nitrogens with one attached hydrogen (secondary N) is 1. The molecule has 0 saturated carbocycles. The molecule has 5 heteroatoms. The van der Waals surface area contributed by atoms with Crippen LogP contribution >= 0.6 is 0 Å². The number of rotatable bonds is 5. The number of fused-ring (bicyclic) bond motifs is 1. The molecule has 0 fully saturated rings. The van der Waals surface area contributed by atoms with Gasteiger partial charge in [0.25, 0.3) is 0 Å². The second-order valence-electron chi connectivity index (χ2n) is 3.90. The maximum atomic E-state index is 11.3. The van der Waals surface area contributed by atoms with Crippen LogP contribution in [-0.2, 0) is 4.79 Å². The highest BCUT2D eigenvalue weighted by Gasteiger charge is 2.03. The Morgan fingerprint density at radius 2 is 2.32 bits per heavy atom. The normalized spacial score (nSPS) is 11.1. The first-order valence-corrected chi connectivity index (χ1v) is 5.87. The minimum atomic E-state index is -0.271. The number of hydrogen-bond donors (Lipinski definition) is 2. The molecule has 19 heavy (non-hydrogen) atoms. The van der Waals surface area contributed by atoms with Gasteiger partial charge in [-0.25, -0.2) is 0 Å². The van der Waals surface area contributed by atoms with Crippen LogP contribution in [0.1, 0.15) is 5.76 Å². The molecule has 2 rings (SSSR count). The van der Waals surface area contributed by atoms with Crippen LogP contribution in [0, 0.1) is 0 Å². The van der Waals surface area contributed by atoms with Crippen LogP contribution in [0.2, 0.25) is 0 Å². The molecule has 0 spiro atoms. The third-order valence-electron chi connectivity index (χ3n) is 2.55. The van der Waals surface area contributed by atoms with E-state index >= 15 is 0 Å². The molecular formula is C14H15NO4. The van der Waals surface area contributed by atoms with Crippen molar-refractivity contribution in [1.82, 2.24) is 5.32 Å². The first kappa shape index (κ1) is 13.2. The van der Waals surface area contributed by atoms with Crippen molar-refractivity contribution in [3.8, 4) is 5.75 Å². The molecule has 0 saturated heterocycles. The molecule has 1 amide bonds. The Balaban J connectivity index is 2.13. The lowest BCUT2D eigenvalue weighted by atomic mass is 10.2. The van der Waals surface area contributed by atoms with E-state index in [4.69, 9.17) is 14.3 Å². The lowest BCUT2D eigenvalue weighted by Crippen LogP contribution is -2.24. The number of ether oxygens (including phenoxy) is 1. The molecule has 0 unspecified atom stereocenters. The van der Waals surface area contributed by atoms with Crippen molar-refractivity contribution in [2.24, 2.45) is 0 Å². The maximum Gasteiger partial charge on any atom is 0.244 e. The summed E-state index contributed by atoms with van der Waals surface area (Å²) >= 11 is 0. The van der Waals surface area contributed by atoms with E-state index in [9.17, 15) is 4.79 Å². The van der Waals surface area contributed by atoms with Gasteiger partial charge in [0, 0.05) is 18.0 Å². The van der Waals surface area contributed by atoms with Crippen molar-refractivity contribution in [1.29, 1.82) is 0 Å². The molecule has 0 aliphatic heterocycles. The Labute approximate surface area is 110 Å². The third-order valence-corrected chi connectivity index (χ3v) is 2.55. The Hall–Kier alpha value is -2.27. The highest BCUT2D eigenvalue weighted by molar-refractivity contribution is 5.92. The van der Waals surface area contributed by atoms with E-state index in [0.29, 0.717) is 5.76 Å². The summed E-state index contributed by atoms with van der Waals surface area (Å²) in [5, 5.41) is 12.0. The smallest absolute Gasteiger partial charge is 0.244 e. The lowest BCUT2D eigenvalue weighted by molar-refractivity contribution is -0.116. The molecule has 100 valence electrons. The van der Waals surface area contributed by atoms with Gasteiger partial charge < -0.3 is 19.6 Å². The average molecular weight is 261 g/mol. The molecule has 1 aromatic heterocycles. The lowest BCUT2D eigenvalue weighted by Gasteiger charge is -1.96.